The van der Waals surface area contributed by atoms with Crippen LogP contribution in [0.2, 0.25) is 5.02 Å². The minimum Gasteiger partial charge on any atom is -0.347 e. The van der Waals surface area contributed by atoms with Gasteiger partial charge in [-0.15, -0.1) is 0 Å². The van der Waals surface area contributed by atoms with Crippen molar-refractivity contribution >= 4 is 28.5 Å². The number of aromatic amines is 1. The van der Waals surface area contributed by atoms with Crippen molar-refractivity contribution < 1.29 is 4.79 Å². The van der Waals surface area contributed by atoms with E-state index >= 15 is 0 Å². The minimum atomic E-state index is -0.170. The number of carbonyl (C=O) groups excluding carboxylic acids is 1. The number of amides is 1. The van der Waals surface area contributed by atoms with E-state index in [0.717, 1.165) is 33.5 Å². The number of H-pyrrole nitrogens is 1. The first-order valence-corrected chi connectivity index (χ1v) is 8.91. The molecule has 3 aromatic heterocycles. The Hall–Kier alpha value is -3.12. The maximum atomic E-state index is 12.7. The predicted octanol–water partition coefficient (Wildman–Crippen LogP) is 3.86. The Morgan fingerprint density at radius 2 is 2.07 bits per heavy atom. The van der Waals surface area contributed by atoms with E-state index < -0.39 is 0 Å². The third-order valence-electron chi connectivity index (χ3n) is 4.61. The van der Waals surface area contributed by atoms with Crippen LogP contribution in [0.1, 0.15) is 21.7 Å². The van der Waals surface area contributed by atoms with E-state index in [1.165, 1.54) is 0 Å². The lowest BCUT2D eigenvalue weighted by Gasteiger charge is -2.08. The fourth-order valence-corrected chi connectivity index (χ4v) is 3.29. The molecule has 0 bridgehead atoms. The molecule has 0 saturated heterocycles. The van der Waals surface area contributed by atoms with Crippen LogP contribution in [0.3, 0.4) is 0 Å². The molecule has 4 aromatic rings. The number of halogens is 1. The number of nitrogens with one attached hydrogen (secondary N) is 2. The number of nitrogens with zero attached hydrogens (tertiary/aromatic N) is 3. The summed E-state index contributed by atoms with van der Waals surface area (Å²) in [6.07, 6.45) is 1.75. The van der Waals surface area contributed by atoms with Crippen LogP contribution in [-0.2, 0) is 13.6 Å². The van der Waals surface area contributed by atoms with Crippen molar-refractivity contribution in [1.82, 2.24) is 25.1 Å². The van der Waals surface area contributed by atoms with E-state index in [2.05, 4.69) is 15.5 Å². The second kappa shape index (κ2) is 6.89. The van der Waals surface area contributed by atoms with Crippen LogP contribution in [0.4, 0.5) is 0 Å². The predicted molar refractivity (Wildman–Crippen MR) is 106 cm³/mol. The van der Waals surface area contributed by atoms with Gasteiger partial charge in [0.1, 0.15) is 11.3 Å². The molecule has 1 amide bonds. The van der Waals surface area contributed by atoms with E-state index in [9.17, 15) is 4.79 Å². The number of hydrogen-bond donors (Lipinski definition) is 2. The Balaban J connectivity index is 1.62. The molecule has 0 aliphatic heterocycles. The van der Waals surface area contributed by atoms with Gasteiger partial charge in [-0.2, -0.15) is 5.10 Å². The highest BCUT2D eigenvalue weighted by Gasteiger charge is 2.16. The zero-order valence-corrected chi connectivity index (χ0v) is 15.7. The van der Waals surface area contributed by atoms with E-state index in [1.807, 2.05) is 56.4 Å². The van der Waals surface area contributed by atoms with Crippen LogP contribution in [0.5, 0.6) is 0 Å². The second-order valence-corrected chi connectivity index (χ2v) is 6.79. The van der Waals surface area contributed by atoms with Gasteiger partial charge in [-0.05, 0) is 36.8 Å². The highest BCUT2D eigenvalue weighted by molar-refractivity contribution is 6.31. The van der Waals surface area contributed by atoms with Crippen LogP contribution in [0.25, 0.3) is 22.3 Å². The molecule has 136 valence electrons. The third kappa shape index (κ3) is 3.19. The van der Waals surface area contributed by atoms with E-state index in [4.69, 9.17) is 16.6 Å². The zero-order chi connectivity index (χ0) is 19.0. The molecule has 0 unspecified atom stereocenters. The molecule has 4 rings (SSSR count). The Morgan fingerprint density at radius 3 is 2.81 bits per heavy atom. The summed E-state index contributed by atoms with van der Waals surface area (Å²) in [7, 11) is 1.84. The monoisotopic (exact) mass is 379 g/mol. The number of fused-ring (bicyclic) bond motifs is 1. The van der Waals surface area contributed by atoms with Gasteiger partial charge >= 0.3 is 0 Å². The summed E-state index contributed by atoms with van der Waals surface area (Å²) < 4.78 is 1.80. The summed E-state index contributed by atoms with van der Waals surface area (Å²) in [6.45, 7) is 2.32. The summed E-state index contributed by atoms with van der Waals surface area (Å²) in [4.78, 5) is 17.4. The lowest BCUT2D eigenvalue weighted by molar-refractivity contribution is 0.0943. The second-order valence-electron chi connectivity index (χ2n) is 6.38. The number of aromatic nitrogens is 4. The van der Waals surface area contributed by atoms with Crippen LogP contribution in [0, 0.1) is 6.92 Å². The van der Waals surface area contributed by atoms with Gasteiger partial charge in [0.05, 0.1) is 11.9 Å². The highest BCUT2D eigenvalue weighted by Crippen LogP contribution is 2.24. The summed E-state index contributed by atoms with van der Waals surface area (Å²) in [6, 6.07) is 13.2. The molecule has 2 N–H and O–H groups in total. The number of aryl methyl sites for hydroxylation is 2. The molecule has 6 nitrogen and oxygen atoms in total. The van der Waals surface area contributed by atoms with Gasteiger partial charge in [-0.3, -0.25) is 9.89 Å². The van der Waals surface area contributed by atoms with Crippen LogP contribution < -0.4 is 5.32 Å². The van der Waals surface area contributed by atoms with Gasteiger partial charge in [0.2, 0.25) is 0 Å². The van der Waals surface area contributed by atoms with Crippen molar-refractivity contribution in [3.05, 3.63) is 70.6 Å². The van der Waals surface area contributed by atoms with Crippen LogP contribution >= 0.6 is 11.6 Å². The topological polar surface area (TPSA) is 75.6 Å². The van der Waals surface area contributed by atoms with Gasteiger partial charge in [0, 0.05) is 35.3 Å². The van der Waals surface area contributed by atoms with Crippen molar-refractivity contribution in [3.63, 3.8) is 0 Å². The smallest absolute Gasteiger partial charge is 0.268 e. The summed E-state index contributed by atoms with van der Waals surface area (Å²) in [5.41, 5.74) is 4.89. The standard InChI is InChI=1S/C20H18ClN5O/c1-12-15(11-23-25-12)17-8-7-13-9-18(26(2)19(13)24-17)20(27)22-10-14-5-3-4-6-16(14)21/h3-9,11H,10H2,1-2H3,(H,22,27)(H,23,25). The largest absolute Gasteiger partial charge is 0.347 e. The molecule has 7 heteroatoms. The molecule has 0 fully saturated rings. The number of pyridine rings is 1. The Kier molecular flexibility index (Phi) is 4.41. The molecule has 0 saturated carbocycles. The van der Waals surface area contributed by atoms with E-state index in [-0.39, 0.29) is 5.91 Å². The Bertz CT molecular complexity index is 1140. The molecule has 27 heavy (non-hydrogen) atoms. The molecular formula is C20H18ClN5O. The lowest BCUT2D eigenvalue weighted by atomic mass is 10.1. The maximum absolute atomic E-state index is 12.7. The first-order chi connectivity index (χ1) is 13.0. The number of hydrogen-bond acceptors (Lipinski definition) is 3. The number of benzene rings is 1. The maximum Gasteiger partial charge on any atom is 0.268 e. The van der Waals surface area contributed by atoms with Gasteiger partial charge in [-0.1, -0.05) is 29.8 Å². The lowest BCUT2D eigenvalue weighted by Crippen LogP contribution is -2.25. The van der Waals surface area contributed by atoms with Gasteiger partial charge in [0.25, 0.3) is 5.91 Å². The molecule has 0 radical (unpaired) electrons. The molecule has 1 aromatic carbocycles. The Labute approximate surface area is 161 Å². The zero-order valence-electron chi connectivity index (χ0n) is 15.0. The van der Waals surface area contributed by atoms with Crippen molar-refractivity contribution in [2.45, 2.75) is 13.5 Å². The molecule has 0 aliphatic rings. The van der Waals surface area contributed by atoms with E-state index in [0.29, 0.717) is 17.3 Å². The first kappa shape index (κ1) is 17.3. The van der Waals surface area contributed by atoms with E-state index in [1.54, 1.807) is 10.8 Å². The van der Waals surface area contributed by atoms with Gasteiger partial charge in [-0.25, -0.2) is 4.98 Å². The highest BCUT2D eigenvalue weighted by atomic mass is 35.5. The van der Waals surface area contributed by atoms with Gasteiger partial charge in [0.15, 0.2) is 0 Å². The Morgan fingerprint density at radius 1 is 1.26 bits per heavy atom. The summed E-state index contributed by atoms with van der Waals surface area (Å²) in [5.74, 6) is -0.170. The van der Waals surface area contributed by atoms with Gasteiger partial charge < -0.3 is 9.88 Å². The molecular weight excluding hydrogens is 362 g/mol. The van der Waals surface area contributed by atoms with Crippen molar-refractivity contribution in [2.24, 2.45) is 7.05 Å². The average molecular weight is 380 g/mol. The molecule has 0 atom stereocenters. The SMILES string of the molecule is Cc1[nH]ncc1-c1ccc2cc(C(=O)NCc3ccccc3Cl)n(C)c2n1. The number of rotatable bonds is 4. The molecule has 0 spiro atoms. The quantitative estimate of drug-likeness (QED) is 0.565. The average Bonchev–Trinajstić information content (AvgIpc) is 3.24. The minimum absolute atomic E-state index is 0.170. The van der Waals surface area contributed by atoms with Crippen LogP contribution in [0.15, 0.2) is 48.7 Å². The summed E-state index contributed by atoms with van der Waals surface area (Å²) >= 11 is 6.15. The number of carbonyl (C=O) groups is 1. The first-order valence-electron chi connectivity index (χ1n) is 8.53. The summed E-state index contributed by atoms with van der Waals surface area (Å²) in [5, 5.41) is 11.4. The fraction of sp³-hybridized carbons (Fsp3) is 0.150. The van der Waals surface area contributed by atoms with Crippen molar-refractivity contribution in [3.8, 4) is 11.3 Å². The molecule has 3 heterocycles. The van der Waals surface area contributed by atoms with Crippen molar-refractivity contribution in [2.75, 3.05) is 0 Å². The molecule has 0 aliphatic carbocycles. The van der Waals surface area contributed by atoms with Crippen LogP contribution in [-0.4, -0.2) is 25.7 Å². The fourth-order valence-electron chi connectivity index (χ4n) is 3.08. The third-order valence-corrected chi connectivity index (χ3v) is 4.98. The normalized spacial score (nSPS) is 11.1. The van der Waals surface area contributed by atoms with Crippen molar-refractivity contribution in [1.29, 1.82) is 0 Å².